The van der Waals surface area contributed by atoms with E-state index in [1.807, 2.05) is 0 Å². The number of nitrogens with zero attached hydrogens (tertiary/aromatic N) is 1. The maximum atomic E-state index is 12.1. The first-order valence-electron chi connectivity index (χ1n) is 7.67. The van der Waals surface area contributed by atoms with Gasteiger partial charge >= 0.3 is 0 Å². The van der Waals surface area contributed by atoms with Gasteiger partial charge in [-0.3, -0.25) is 0 Å². The smallest absolute Gasteiger partial charge is 0.212 e. The topological polar surface area (TPSA) is 37.4 Å². The minimum atomic E-state index is -3.17. The second kappa shape index (κ2) is 5.25. The standard InChI is InChI=1S/C17H19NO2S2/c1-22(19,20)18-10-11-21-17(18)15-9-8-13-5-2-4-12-6-3-7-14(15)16(12)13/h3,6-9,17H,2,4-5,10-11H2,1H3/t17-/m0/s1. The lowest BCUT2D eigenvalue weighted by molar-refractivity contribution is 0.440. The molecule has 4 rings (SSSR count). The van der Waals surface area contributed by atoms with Crippen molar-refractivity contribution in [3.8, 4) is 0 Å². The molecule has 1 saturated heterocycles. The number of benzene rings is 2. The summed E-state index contributed by atoms with van der Waals surface area (Å²) in [6, 6.07) is 10.8. The van der Waals surface area contributed by atoms with Crippen molar-refractivity contribution in [2.45, 2.75) is 24.6 Å². The summed E-state index contributed by atoms with van der Waals surface area (Å²) in [5, 5.41) is 2.52. The molecule has 0 aromatic heterocycles. The highest BCUT2D eigenvalue weighted by Crippen LogP contribution is 2.44. The summed E-state index contributed by atoms with van der Waals surface area (Å²) < 4.78 is 25.8. The molecule has 0 radical (unpaired) electrons. The van der Waals surface area contributed by atoms with Crippen LogP contribution in [0.3, 0.4) is 0 Å². The fraction of sp³-hybridized carbons (Fsp3) is 0.412. The van der Waals surface area contributed by atoms with Crippen molar-refractivity contribution in [1.29, 1.82) is 0 Å². The van der Waals surface area contributed by atoms with Crippen molar-refractivity contribution >= 4 is 32.6 Å². The number of rotatable bonds is 2. The maximum absolute atomic E-state index is 12.1. The number of thioether (sulfide) groups is 1. The molecule has 1 atom stereocenters. The van der Waals surface area contributed by atoms with Crippen molar-refractivity contribution in [1.82, 2.24) is 4.31 Å². The maximum Gasteiger partial charge on any atom is 0.212 e. The molecule has 2 aromatic carbocycles. The number of hydrogen-bond donors (Lipinski definition) is 0. The molecule has 1 aliphatic heterocycles. The Kier molecular flexibility index (Phi) is 3.47. The van der Waals surface area contributed by atoms with Crippen LogP contribution >= 0.6 is 11.8 Å². The van der Waals surface area contributed by atoms with Crippen LogP contribution in [0.2, 0.25) is 0 Å². The predicted molar refractivity (Wildman–Crippen MR) is 92.7 cm³/mol. The first-order chi connectivity index (χ1) is 10.6. The Labute approximate surface area is 135 Å². The van der Waals surface area contributed by atoms with Crippen LogP contribution in [0.15, 0.2) is 30.3 Å². The summed E-state index contributed by atoms with van der Waals surface area (Å²) in [5.74, 6) is 0.862. The number of hydrogen-bond acceptors (Lipinski definition) is 3. The van der Waals surface area contributed by atoms with E-state index in [1.165, 1.54) is 34.6 Å². The van der Waals surface area contributed by atoms with Crippen molar-refractivity contribution in [2.24, 2.45) is 0 Å². The fourth-order valence-corrected chi connectivity index (χ4v) is 6.56. The molecule has 2 aliphatic rings. The molecular weight excluding hydrogens is 314 g/mol. The van der Waals surface area contributed by atoms with Crippen LogP contribution in [0, 0.1) is 0 Å². The molecule has 1 fully saturated rings. The Morgan fingerprint density at radius 2 is 1.91 bits per heavy atom. The molecule has 0 unspecified atom stereocenters. The van der Waals surface area contributed by atoms with Gasteiger partial charge in [-0.1, -0.05) is 30.3 Å². The summed E-state index contributed by atoms with van der Waals surface area (Å²) in [4.78, 5) is 0. The molecule has 1 heterocycles. The van der Waals surface area contributed by atoms with E-state index in [-0.39, 0.29) is 5.37 Å². The zero-order chi connectivity index (χ0) is 15.3. The Morgan fingerprint density at radius 1 is 1.14 bits per heavy atom. The second-order valence-electron chi connectivity index (χ2n) is 6.10. The van der Waals surface area contributed by atoms with E-state index in [9.17, 15) is 8.42 Å². The summed E-state index contributed by atoms with van der Waals surface area (Å²) >= 11 is 1.73. The lowest BCUT2D eigenvalue weighted by Crippen LogP contribution is -2.29. The third kappa shape index (κ3) is 2.27. The van der Waals surface area contributed by atoms with Crippen LogP contribution in [0.25, 0.3) is 10.8 Å². The molecule has 22 heavy (non-hydrogen) atoms. The van der Waals surface area contributed by atoms with Crippen LogP contribution in [-0.4, -0.2) is 31.3 Å². The van der Waals surface area contributed by atoms with Crippen LogP contribution in [0.4, 0.5) is 0 Å². The Bertz CT molecular complexity index is 835. The quantitative estimate of drug-likeness (QED) is 0.846. The fourth-order valence-electron chi connectivity index (χ4n) is 3.72. The first-order valence-corrected chi connectivity index (χ1v) is 10.6. The van der Waals surface area contributed by atoms with Gasteiger partial charge in [0.1, 0.15) is 0 Å². The minimum Gasteiger partial charge on any atom is -0.212 e. The summed E-state index contributed by atoms with van der Waals surface area (Å²) in [6.45, 7) is 0.608. The average Bonchev–Trinajstić information content (AvgIpc) is 2.98. The highest BCUT2D eigenvalue weighted by atomic mass is 32.2. The van der Waals surface area contributed by atoms with Gasteiger partial charge in [-0.05, 0) is 46.7 Å². The van der Waals surface area contributed by atoms with Gasteiger partial charge < -0.3 is 0 Å². The van der Waals surface area contributed by atoms with Crippen LogP contribution in [0.1, 0.15) is 28.5 Å². The Morgan fingerprint density at radius 3 is 2.68 bits per heavy atom. The molecule has 0 spiro atoms. The molecule has 0 amide bonds. The van der Waals surface area contributed by atoms with E-state index >= 15 is 0 Å². The van der Waals surface area contributed by atoms with Gasteiger partial charge in [-0.15, -0.1) is 11.8 Å². The van der Waals surface area contributed by atoms with E-state index in [4.69, 9.17) is 0 Å². The third-order valence-corrected chi connectivity index (χ3v) is 7.30. The molecule has 116 valence electrons. The summed E-state index contributed by atoms with van der Waals surface area (Å²) in [7, 11) is -3.17. The molecule has 0 bridgehead atoms. The minimum absolute atomic E-state index is 0.0822. The normalized spacial score (nSPS) is 22.3. The molecule has 3 nitrogen and oxygen atoms in total. The van der Waals surface area contributed by atoms with Crippen molar-refractivity contribution in [3.63, 3.8) is 0 Å². The SMILES string of the molecule is CS(=O)(=O)N1CCS[C@H]1c1ccc2c3c(cccc13)CCC2. The van der Waals surface area contributed by atoms with Gasteiger partial charge in [0.15, 0.2) is 0 Å². The zero-order valence-corrected chi connectivity index (χ0v) is 14.2. The van der Waals surface area contributed by atoms with E-state index in [0.29, 0.717) is 6.54 Å². The lowest BCUT2D eigenvalue weighted by Gasteiger charge is -2.25. The molecule has 1 aliphatic carbocycles. The van der Waals surface area contributed by atoms with Gasteiger partial charge in [-0.25, -0.2) is 8.42 Å². The van der Waals surface area contributed by atoms with E-state index in [0.717, 1.165) is 24.2 Å². The highest BCUT2D eigenvalue weighted by molar-refractivity contribution is 8.00. The van der Waals surface area contributed by atoms with Gasteiger partial charge in [0, 0.05) is 12.3 Å². The van der Waals surface area contributed by atoms with Crippen LogP contribution in [-0.2, 0) is 22.9 Å². The van der Waals surface area contributed by atoms with E-state index in [1.54, 1.807) is 16.1 Å². The Balaban J connectivity index is 1.92. The van der Waals surface area contributed by atoms with Crippen molar-refractivity contribution < 1.29 is 8.42 Å². The van der Waals surface area contributed by atoms with Gasteiger partial charge in [0.25, 0.3) is 0 Å². The Hall–Kier alpha value is -1.04. The molecular formula is C17H19NO2S2. The van der Waals surface area contributed by atoms with Gasteiger partial charge in [-0.2, -0.15) is 4.31 Å². The number of sulfonamides is 1. The van der Waals surface area contributed by atoms with Crippen molar-refractivity contribution in [3.05, 3.63) is 47.0 Å². The van der Waals surface area contributed by atoms with Crippen molar-refractivity contribution in [2.75, 3.05) is 18.6 Å². The average molecular weight is 333 g/mol. The molecule has 2 aromatic rings. The van der Waals surface area contributed by atoms with Gasteiger partial charge in [0.2, 0.25) is 10.0 Å². The predicted octanol–water partition coefficient (Wildman–Crippen LogP) is 3.34. The van der Waals surface area contributed by atoms with Crippen LogP contribution < -0.4 is 0 Å². The molecule has 0 saturated carbocycles. The third-order valence-electron chi connectivity index (χ3n) is 4.68. The highest BCUT2D eigenvalue weighted by Gasteiger charge is 2.34. The van der Waals surface area contributed by atoms with Crippen LogP contribution in [0.5, 0.6) is 0 Å². The molecule has 0 N–H and O–H groups in total. The summed E-state index contributed by atoms with van der Waals surface area (Å²) in [6.07, 6.45) is 4.78. The lowest BCUT2D eigenvalue weighted by atomic mass is 9.87. The number of aryl methyl sites for hydroxylation is 2. The second-order valence-corrected chi connectivity index (χ2v) is 9.23. The van der Waals surface area contributed by atoms with Gasteiger partial charge in [0.05, 0.1) is 11.6 Å². The zero-order valence-electron chi connectivity index (χ0n) is 12.6. The summed E-state index contributed by atoms with van der Waals surface area (Å²) in [5.41, 5.74) is 3.97. The van der Waals surface area contributed by atoms with E-state index in [2.05, 4.69) is 30.3 Å². The van der Waals surface area contributed by atoms with E-state index < -0.39 is 10.0 Å². The monoisotopic (exact) mass is 333 g/mol. The largest absolute Gasteiger partial charge is 0.212 e. The molecule has 5 heteroatoms. The first kappa shape index (κ1) is 14.5.